The van der Waals surface area contributed by atoms with Crippen LogP contribution in [0.3, 0.4) is 0 Å². The van der Waals surface area contributed by atoms with Gasteiger partial charge in [0.15, 0.2) is 5.82 Å². The third-order valence-electron chi connectivity index (χ3n) is 2.49. The van der Waals surface area contributed by atoms with E-state index < -0.39 is 5.97 Å². The molecule has 2 rings (SSSR count). The van der Waals surface area contributed by atoms with Crippen molar-refractivity contribution in [2.24, 2.45) is 0 Å². The lowest BCUT2D eigenvalue weighted by molar-refractivity contribution is 0.0697. The number of hydrogen-bond donors (Lipinski definition) is 1. The largest absolute Gasteiger partial charge is 0.478 e. The summed E-state index contributed by atoms with van der Waals surface area (Å²) in [7, 11) is 0. The molecule has 0 atom stereocenters. The SMILES string of the molecule is Cc1nn(-c2cc(C(=O)O)c(Cl)cn2)c(C)c1Cl. The minimum atomic E-state index is -1.11. The third-order valence-corrected chi connectivity index (χ3v) is 3.34. The number of carbonyl (C=O) groups is 1. The van der Waals surface area contributed by atoms with Gasteiger partial charge < -0.3 is 5.11 Å². The minimum Gasteiger partial charge on any atom is -0.478 e. The molecule has 0 spiro atoms. The van der Waals surface area contributed by atoms with Crippen LogP contribution in [0.25, 0.3) is 5.82 Å². The van der Waals surface area contributed by atoms with E-state index in [1.54, 1.807) is 13.8 Å². The molecule has 0 unspecified atom stereocenters. The predicted octanol–water partition coefficient (Wildman–Crippen LogP) is 2.89. The van der Waals surface area contributed by atoms with Gasteiger partial charge in [-0.15, -0.1) is 0 Å². The molecule has 7 heteroatoms. The second-order valence-corrected chi connectivity index (χ2v) is 4.51. The van der Waals surface area contributed by atoms with Crippen LogP contribution in [-0.4, -0.2) is 25.8 Å². The molecule has 2 aromatic heterocycles. The van der Waals surface area contributed by atoms with Crippen LogP contribution in [0, 0.1) is 13.8 Å². The normalized spacial score (nSPS) is 10.7. The zero-order valence-corrected chi connectivity index (χ0v) is 11.1. The molecule has 0 saturated heterocycles. The summed E-state index contributed by atoms with van der Waals surface area (Å²) in [5.41, 5.74) is 1.33. The highest BCUT2D eigenvalue weighted by atomic mass is 35.5. The lowest BCUT2D eigenvalue weighted by Crippen LogP contribution is -2.06. The van der Waals surface area contributed by atoms with Gasteiger partial charge in [0, 0.05) is 6.20 Å². The Bertz CT molecular complexity index is 637. The predicted molar refractivity (Wildman–Crippen MR) is 67.8 cm³/mol. The van der Waals surface area contributed by atoms with Crippen LogP contribution in [-0.2, 0) is 0 Å². The maximum Gasteiger partial charge on any atom is 0.337 e. The quantitative estimate of drug-likeness (QED) is 0.921. The number of halogens is 2. The van der Waals surface area contributed by atoms with E-state index in [4.69, 9.17) is 28.3 Å². The molecule has 18 heavy (non-hydrogen) atoms. The molecule has 2 heterocycles. The molecule has 0 aliphatic heterocycles. The van der Waals surface area contributed by atoms with Crippen molar-refractivity contribution in [3.05, 3.63) is 39.3 Å². The van der Waals surface area contributed by atoms with Gasteiger partial charge in [0.25, 0.3) is 0 Å². The molecule has 0 bridgehead atoms. The molecule has 0 saturated carbocycles. The number of aromatic carboxylic acids is 1. The van der Waals surface area contributed by atoms with E-state index in [0.29, 0.717) is 22.2 Å². The van der Waals surface area contributed by atoms with Gasteiger partial charge in [0.05, 0.1) is 27.0 Å². The Morgan fingerprint density at radius 3 is 2.56 bits per heavy atom. The van der Waals surface area contributed by atoms with E-state index in [1.807, 2.05) is 0 Å². The number of carboxylic acids is 1. The number of aryl methyl sites for hydroxylation is 1. The van der Waals surface area contributed by atoms with E-state index in [2.05, 4.69) is 10.1 Å². The number of hydrogen-bond acceptors (Lipinski definition) is 3. The molecule has 2 aromatic rings. The van der Waals surface area contributed by atoms with Crippen LogP contribution in [0.4, 0.5) is 0 Å². The van der Waals surface area contributed by atoms with Crippen LogP contribution >= 0.6 is 23.2 Å². The van der Waals surface area contributed by atoms with Crippen LogP contribution in [0.5, 0.6) is 0 Å². The summed E-state index contributed by atoms with van der Waals surface area (Å²) in [4.78, 5) is 15.0. The Balaban J connectivity index is 2.61. The maximum atomic E-state index is 11.0. The molecule has 5 nitrogen and oxygen atoms in total. The van der Waals surface area contributed by atoms with Gasteiger partial charge in [0.2, 0.25) is 0 Å². The molecule has 94 valence electrons. The number of aromatic nitrogens is 3. The van der Waals surface area contributed by atoms with Crippen molar-refractivity contribution in [1.29, 1.82) is 0 Å². The van der Waals surface area contributed by atoms with Gasteiger partial charge >= 0.3 is 5.97 Å². The van der Waals surface area contributed by atoms with Crippen LogP contribution < -0.4 is 0 Å². The number of rotatable bonds is 2. The van der Waals surface area contributed by atoms with E-state index in [9.17, 15) is 4.79 Å². The first kappa shape index (κ1) is 12.9. The summed E-state index contributed by atoms with van der Waals surface area (Å²) >= 11 is 11.8. The van der Waals surface area contributed by atoms with E-state index in [1.165, 1.54) is 16.9 Å². The van der Waals surface area contributed by atoms with Crippen LogP contribution in [0.1, 0.15) is 21.7 Å². The second kappa shape index (κ2) is 4.59. The third kappa shape index (κ3) is 2.07. The Morgan fingerprint density at radius 1 is 1.39 bits per heavy atom. The van der Waals surface area contributed by atoms with Crippen LogP contribution in [0.2, 0.25) is 10.0 Å². The topological polar surface area (TPSA) is 68.0 Å². The minimum absolute atomic E-state index is 0.0228. The van der Waals surface area contributed by atoms with E-state index >= 15 is 0 Å². The van der Waals surface area contributed by atoms with Gasteiger partial charge in [0.1, 0.15) is 0 Å². The van der Waals surface area contributed by atoms with Gasteiger partial charge in [-0.25, -0.2) is 14.5 Å². The smallest absolute Gasteiger partial charge is 0.337 e. The van der Waals surface area contributed by atoms with Gasteiger partial charge in [-0.3, -0.25) is 0 Å². The monoisotopic (exact) mass is 285 g/mol. The summed E-state index contributed by atoms with van der Waals surface area (Å²) in [6.45, 7) is 3.54. The second-order valence-electron chi connectivity index (χ2n) is 3.72. The Kier molecular flexibility index (Phi) is 3.28. The van der Waals surface area contributed by atoms with Gasteiger partial charge in [-0.2, -0.15) is 5.10 Å². The van der Waals surface area contributed by atoms with Crippen LogP contribution in [0.15, 0.2) is 12.3 Å². The first-order valence-electron chi connectivity index (χ1n) is 5.02. The maximum absolute atomic E-state index is 11.0. The number of pyridine rings is 1. The van der Waals surface area contributed by atoms with Crippen molar-refractivity contribution in [1.82, 2.24) is 14.8 Å². The molecule has 0 aromatic carbocycles. The zero-order chi connectivity index (χ0) is 13.4. The van der Waals surface area contributed by atoms with Gasteiger partial charge in [-0.05, 0) is 19.9 Å². The summed E-state index contributed by atoms with van der Waals surface area (Å²) < 4.78 is 1.49. The average molecular weight is 286 g/mol. The molecular weight excluding hydrogens is 277 g/mol. The summed E-state index contributed by atoms with van der Waals surface area (Å²) in [6.07, 6.45) is 1.28. The molecule has 0 aliphatic rings. The molecule has 0 aliphatic carbocycles. The molecule has 1 N–H and O–H groups in total. The Labute approximate surface area is 113 Å². The Morgan fingerprint density at radius 2 is 2.06 bits per heavy atom. The first-order chi connectivity index (χ1) is 8.41. The molecule has 0 amide bonds. The van der Waals surface area contributed by atoms with Crippen molar-refractivity contribution >= 4 is 29.2 Å². The Hall–Kier alpha value is -1.59. The fraction of sp³-hybridized carbons (Fsp3) is 0.182. The van der Waals surface area contributed by atoms with Crippen molar-refractivity contribution < 1.29 is 9.90 Å². The van der Waals surface area contributed by atoms with E-state index in [0.717, 1.165) is 0 Å². The first-order valence-corrected chi connectivity index (χ1v) is 5.78. The summed E-state index contributed by atoms with van der Waals surface area (Å²) in [5.74, 6) is -0.749. The van der Waals surface area contributed by atoms with Crippen molar-refractivity contribution in [2.75, 3.05) is 0 Å². The van der Waals surface area contributed by atoms with Crippen molar-refractivity contribution in [3.63, 3.8) is 0 Å². The average Bonchev–Trinajstić information content (AvgIpc) is 2.57. The van der Waals surface area contributed by atoms with E-state index in [-0.39, 0.29) is 10.6 Å². The van der Waals surface area contributed by atoms with Gasteiger partial charge in [-0.1, -0.05) is 23.2 Å². The molecule has 0 radical (unpaired) electrons. The van der Waals surface area contributed by atoms with Crippen molar-refractivity contribution in [3.8, 4) is 5.82 Å². The number of nitrogens with zero attached hydrogens (tertiary/aromatic N) is 3. The standard InChI is InChI=1S/C11H9Cl2N3O2/c1-5-10(13)6(2)16(15-5)9-3-7(11(17)18)8(12)4-14-9/h3-4H,1-2H3,(H,17,18). The highest BCUT2D eigenvalue weighted by Gasteiger charge is 2.15. The highest BCUT2D eigenvalue weighted by molar-refractivity contribution is 6.33. The fourth-order valence-corrected chi connectivity index (χ4v) is 1.86. The number of carboxylic acid groups (broad SMARTS) is 1. The molecular formula is C11H9Cl2N3O2. The van der Waals surface area contributed by atoms with Crippen molar-refractivity contribution in [2.45, 2.75) is 13.8 Å². The molecule has 0 fully saturated rings. The lowest BCUT2D eigenvalue weighted by atomic mass is 10.2. The summed E-state index contributed by atoms with van der Waals surface area (Å²) in [5, 5.41) is 13.8. The fourth-order valence-electron chi connectivity index (χ4n) is 1.55. The zero-order valence-electron chi connectivity index (χ0n) is 9.61. The lowest BCUT2D eigenvalue weighted by Gasteiger charge is -2.05. The highest BCUT2D eigenvalue weighted by Crippen LogP contribution is 2.23. The summed E-state index contributed by atoms with van der Waals surface area (Å²) in [6, 6.07) is 1.36.